The first-order chi connectivity index (χ1) is 9.25. The Kier molecular flexibility index (Phi) is 3.08. The van der Waals surface area contributed by atoms with Gasteiger partial charge in [-0.1, -0.05) is 6.07 Å². The molecule has 0 aliphatic carbocycles. The summed E-state index contributed by atoms with van der Waals surface area (Å²) in [6.45, 7) is 1.89. The average Bonchev–Trinajstić information content (AvgIpc) is 2.91. The maximum Gasteiger partial charge on any atom is 0.339 e. The molecule has 19 heavy (non-hydrogen) atoms. The van der Waals surface area contributed by atoms with Crippen molar-refractivity contribution in [3.05, 3.63) is 40.3 Å². The van der Waals surface area contributed by atoms with E-state index in [2.05, 4.69) is 9.88 Å². The number of hydrogen-bond acceptors (Lipinski definition) is 5. The van der Waals surface area contributed by atoms with Crippen molar-refractivity contribution < 1.29 is 14.6 Å². The Morgan fingerprint density at radius 1 is 1.53 bits per heavy atom. The van der Waals surface area contributed by atoms with Gasteiger partial charge in [0.1, 0.15) is 12.2 Å². The van der Waals surface area contributed by atoms with E-state index in [1.165, 1.54) is 0 Å². The minimum atomic E-state index is -0.965. The first-order valence-electron chi connectivity index (χ1n) is 5.87. The number of aromatic nitrogens is 1. The van der Waals surface area contributed by atoms with Crippen LogP contribution in [0.5, 0.6) is 5.75 Å². The number of aromatic carboxylic acids is 1. The van der Waals surface area contributed by atoms with Gasteiger partial charge in [0.05, 0.1) is 30.0 Å². The van der Waals surface area contributed by atoms with E-state index in [0.29, 0.717) is 18.9 Å². The molecule has 1 aromatic heterocycles. The van der Waals surface area contributed by atoms with E-state index in [4.69, 9.17) is 4.74 Å². The minimum absolute atomic E-state index is 0.209. The van der Waals surface area contributed by atoms with E-state index >= 15 is 0 Å². The molecule has 0 unspecified atom stereocenters. The fraction of sp³-hybridized carbons (Fsp3) is 0.231. The Morgan fingerprint density at radius 3 is 3.16 bits per heavy atom. The number of nitrogens with zero attached hydrogens (tertiary/aromatic N) is 2. The summed E-state index contributed by atoms with van der Waals surface area (Å²) in [6, 6.07) is 5.19. The Balaban J connectivity index is 1.96. The van der Waals surface area contributed by atoms with Crippen molar-refractivity contribution in [3.63, 3.8) is 0 Å². The van der Waals surface area contributed by atoms with Gasteiger partial charge in [-0.05, 0) is 12.1 Å². The number of fused-ring (bicyclic) bond motifs is 1. The molecule has 6 heteroatoms. The van der Waals surface area contributed by atoms with Gasteiger partial charge in [-0.15, -0.1) is 11.3 Å². The maximum atomic E-state index is 11.2. The van der Waals surface area contributed by atoms with Crippen LogP contribution in [-0.2, 0) is 6.54 Å². The highest BCUT2D eigenvalue weighted by atomic mass is 32.1. The third-order valence-corrected chi connectivity index (χ3v) is 3.64. The number of anilines is 1. The van der Waals surface area contributed by atoms with E-state index in [1.807, 2.05) is 11.4 Å². The van der Waals surface area contributed by atoms with Crippen molar-refractivity contribution in [1.82, 2.24) is 4.98 Å². The van der Waals surface area contributed by atoms with Crippen molar-refractivity contribution in [3.8, 4) is 5.75 Å². The second kappa shape index (κ2) is 4.89. The second-order valence-electron chi connectivity index (χ2n) is 4.21. The fourth-order valence-electron chi connectivity index (χ4n) is 2.15. The Hall–Kier alpha value is -2.08. The number of benzene rings is 1. The predicted molar refractivity (Wildman–Crippen MR) is 72.1 cm³/mol. The molecular weight excluding hydrogens is 264 g/mol. The molecule has 0 bridgehead atoms. The zero-order valence-electron chi connectivity index (χ0n) is 10.1. The molecule has 0 atom stereocenters. The summed E-state index contributed by atoms with van der Waals surface area (Å²) in [5, 5.41) is 11.2. The van der Waals surface area contributed by atoms with Crippen LogP contribution in [0, 0.1) is 0 Å². The van der Waals surface area contributed by atoms with Crippen molar-refractivity contribution in [2.24, 2.45) is 0 Å². The summed E-state index contributed by atoms with van der Waals surface area (Å²) < 4.78 is 5.53. The topological polar surface area (TPSA) is 62.7 Å². The largest absolute Gasteiger partial charge is 0.489 e. The molecule has 2 heterocycles. The first kappa shape index (κ1) is 12.0. The quantitative estimate of drug-likeness (QED) is 0.931. The Labute approximate surface area is 114 Å². The highest BCUT2D eigenvalue weighted by molar-refractivity contribution is 7.07. The highest BCUT2D eigenvalue weighted by Gasteiger charge is 2.23. The molecule has 3 rings (SSSR count). The van der Waals surface area contributed by atoms with Crippen LogP contribution in [0.25, 0.3) is 0 Å². The molecular formula is C13H12N2O3S. The van der Waals surface area contributed by atoms with Crippen LogP contribution in [-0.4, -0.2) is 29.2 Å². The average molecular weight is 276 g/mol. The van der Waals surface area contributed by atoms with Gasteiger partial charge < -0.3 is 14.7 Å². The molecule has 2 aromatic rings. The summed E-state index contributed by atoms with van der Waals surface area (Å²) >= 11 is 1.55. The van der Waals surface area contributed by atoms with E-state index in [-0.39, 0.29) is 5.56 Å². The standard InChI is InChI=1S/C13H12N2O3S/c16-13(17)10-2-1-3-11-12(10)18-5-4-15(11)6-9-7-19-8-14-9/h1-3,7-8H,4-6H2,(H,16,17). The smallest absolute Gasteiger partial charge is 0.339 e. The third-order valence-electron chi connectivity index (χ3n) is 3.01. The van der Waals surface area contributed by atoms with Crippen LogP contribution in [0.4, 0.5) is 5.69 Å². The van der Waals surface area contributed by atoms with Crippen LogP contribution in [0.1, 0.15) is 16.1 Å². The van der Waals surface area contributed by atoms with Crippen molar-refractivity contribution >= 4 is 23.0 Å². The van der Waals surface area contributed by atoms with Crippen LogP contribution in [0.2, 0.25) is 0 Å². The summed E-state index contributed by atoms with van der Waals surface area (Å²) in [5.74, 6) is -0.510. The number of rotatable bonds is 3. The summed E-state index contributed by atoms with van der Waals surface area (Å²) in [6.07, 6.45) is 0. The number of carboxylic acids is 1. The van der Waals surface area contributed by atoms with E-state index in [0.717, 1.165) is 17.9 Å². The molecule has 1 N–H and O–H groups in total. The minimum Gasteiger partial charge on any atom is -0.489 e. The lowest BCUT2D eigenvalue weighted by Gasteiger charge is -2.31. The molecule has 0 saturated heterocycles. The maximum absolute atomic E-state index is 11.2. The third kappa shape index (κ3) is 2.26. The molecule has 1 aromatic carbocycles. The number of para-hydroxylation sites is 1. The van der Waals surface area contributed by atoms with Crippen molar-refractivity contribution in [2.45, 2.75) is 6.54 Å². The lowest BCUT2D eigenvalue weighted by atomic mass is 10.1. The van der Waals surface area contributed by atoms with Crippen molar-refractivity contribution in [1.29, 1.82) is 0 Å². The lowest BCUT2D eigenvalue weighted by Crippen LogP contribution is -2.33. The van der Waals surface area contributed by atoms with E-state index in [9.17, 15) is 9.90 Å². The number of carbonyl (C=O) groups is 1. The van der Waals surface area contributed by atoms with Crippen LogP contribution < -0.4 is 9.64 Å². The van der Waals surface area contributed by atoms with Gasteiger partial charge in [-0.25, -0.2) is 9.78 Å². The van der Waals surface area contributed by atoms with E-state index < -0.39 is 5.97 Å². The SMILES string of the molecule is O=C(O)c1cccc2c1OCCN2Cc1cscn1. The highest BCUT2D eigenvalue weighted by Crippen LogP contribution is 2.35. The zero-order valence-corrected chi connectivity index (χ0v) is 10.9. The van der Waals surface area contributed by atoms with Crippen LogP contribution in [0.15, 0.2) is 29.1 Å². The van der Waals surface area contributed by atoms with Crippen LogP contribution in [0.3, 0.4) is 0 Å². The van der Waals surface area contributed by atoms with Crippen LogP contribution >= 0.6 is 11.3 Å². The molecule has 0 saturated carbocycles. The Bertz CT molecular complexity index is 598. The zero-order chi connectivity index (χ0) is 13.2. The molecule has 5 nitrogen and oxygen atoms in total. The second-order valence-corrected chi connectivity index (χ2v) is 4.93. The number of carboxylic acid groups (broad SMARTS) is 1. The van der Waals surface area contributed by atoms with Gasteiger partial charge in [-0.2, -0.15) is 0 Å². The number of thiazole rings is 1. The van der Waals surface area contributed by atoms with Gasteiger partial charge in [0.2, 0.25) is 0 Å². The van der Waals surface area contributed by atoms with E-state index in [1.54, 1.807) is 29.0 Å². The van der Waals surface area contributed by atoms with Crippen molar-refractivity contribution in [2.75, 3.05) is 18.1 Å². The molecule has 0 amide bonds. The van der Waals surface area contributed by atoms with Gasteiger partial charge in [0.15, 0.2) is 5.75 Å². The molecule has 0 radical (unpaired) electrons. The monoisotopic (exact) mass is 276 g/mol. The van der Waals surface area contributed by atoms with Gasteiger partial charge in [0.25, 0.3) is 0 Å². The molecule has 98 valence electrons. The fourth-order valence-corrected chi connectivity index (χ4v) is 2.70. The molecule has 0 spiro atoms. The molecule has 1 aliphatic heterocycles. The number of hydrogen-bond donors (Lipinski definition) is 1. The van der Waals surface area contributed by atoms with Gasteiger partial charge >= 0.3 is 5.97 Å². The van der Waals surface area contributed by atoms with Gasteiger partial charge in [0, 0.05) is 5.38 Å². The Morgan fingerprint density at radius 2 is 2.42 bits per heavy atom. The predicted octanol–water partition coefficient (Wildman–Crippen LogP) is 2.24. The normalized spacial score (nSPS) is 13.8. The van der Waals surface area contributed by atoms with Gasteiger partial charge in [-0.3, -0.25) is 0 Å². The first-order valence-corrected chi connectivity index (χ1v) is 6.81. The summed E-state index contributed by atoms with van der Waals surface area (Å²) in [7, 11) is 0. The summed E-state index contributed by atoms with van der Waals surface area (Å²) in [4.78, 5) is 17.5. The number of ether oxygens (including phenoxy) is 1. The molecule has 1 aliphatic rings. The summed E-state index contributed by atoms with van der Waals surface area (Å²) in [5.41, 5.74) is 3.81. The lowest BCUT2D eigenvalue weighted by molar-refractivity contribution is 0.0692. The molecule has 0 fully saturated rings.